The topological polar surface area (TPSA) is 92.4 Å². The largest absolute Gasteiger partial charge is 0.370 e. The van der Waals surface area contributed by atoms with E-state index in [-0.39, 0.29) is 42.4 Å². The smallest absolute Gasteiger partial charge is 0.246 e. The van der Waals surface area contributed by atoms with Crippen LogP contribution in [0.2, 0.25) is 0 Å². The van der Waals surface area contributed by atoms with Crippen LogP contribution in [-0.2, 0) is 11.2 Å². The summed E-state index contributed by atoms with van der Waals surface area (Å²) in [5, 5.41) is 5.63. The van der Waals surface area contributed by atoms with Crippen molar-refractivity contribution in [2.75, 3.05) is 17.2 Å². The number of aliphatic imine (C=N–C) groups is 1. The van der Waals surface area contributed by atoms with E-state index in [4.69, 9.17) is 5.73 Å². The van der Waals surface area contributed by atoms with Gasteiger partial charge >= 0.3 is 0 Å². The Balaban J connectivity index is 0.00000264. The maximum atomic E-state index is 11.7. The number of amides is 1. The number of hydrogen-bond donors (Lipinski definition) is 3. The summed E-state index contributed by atoms with van der Waals surface area (Å²) in [6, 6.07) is 11.4. The molecule has 2 rings (SSSR count). The number of rotatable bonds is 5. The van der Waals surface area contributed by atoms with Crippen molar-refractivity contribution in [2.24, 2.45) is 10.7 Å². The predicted molar refractivity (Wildman–Crippen MR) is 104 cm³/mol. The van der Waals surface area contributed by atoms with Crippen molar-refractivity contribution in [1.82, 2.24) is 4.98 Å². The first-order chi connectivity index (χ1) is 10.7. The van der Waals surface area contributed by atoms with Gasteiger partial charge in [0.05, 0.1) is 11.9 Å². The maximum absolute atomic E-state index is 11.7. The summed E-state index contributed by atoms with van der Waals surface area (Å²) in [6.45, 7) is 2.04. The SMILES string of the molecule is CCc1ccc(NC(N)=NCC(=O)Nc2cccnc2)cc1.I. The quantitative estimate of drug-likeness (QED) is 0.390. The summed E-state index contributed by atoms with van der Waals surface area (Å²) in [7, 11) is 0. The molecule has 1 heterocycles. The molecule has 0 bridgehead atoms. The summed E-state index contributed by atoms with van der Waals surface area (Å²) >= 11 is 0. The highest BCUT2D eigenvalue weighted by Crippen LogP contribution is 2.09. The van der Waals surface area contributed by atoms with E-state index in [1.807, 2.05) is 24.3 Å². The fourth-order valence-electron chi connectivity index (χ4n) is 1.81. The predicted octanol–water partition coefficient (Wildman–Crippen LogP) is 2.63. The van der Waals surface area contributed by atoms with Gasteiger partial charge < -0.3 is 16.4 Å². The van der Waals surface area contributed by atoms with E-state index >= 15 is 0 Å². The number of nitrogens with zero attached hydrogens (tertiary/aromatic N) is 2. The number of aryl methyl sites for hydroxylation is 1. The lowest BCUT2D eigenvalue weighted by atomic mass is 10.1. The Morgan fingerprint density at radius 2 is 1.91 bits per heavy atom. The van der Waals surface area contributed by atoms with Gasteiger partial charge in [0, 0.05) is 11.9 Å². The summed E-state index contributed by atoms with van der Waals surface area (Å²) in [5.74, 6) is -0.0512. The molecular formula is C16H20IN5O. The highest BCUT2D eigenvalue weighted by Gasteiger charge is 2.02. The average molecular weight is 425 g/mol. The monoisotopic (exact) mass is 425 g/mol. The van der Waals surface area contributed by atoms with Crippen molar-refractivity contribution in [1.29, 1.82) is 0 Å². The van der Waals surface area contributed by atoms with E-state index in [2.05, 4.69) is 27.5 Å². The molecule has 0 aliphatic rings. The molecule has 7 heteroatoms. The minimum absolute atomic E-state index is 0. The van der Waals surface area contributed by atoms with Crippen molar-refractivity contribution in [3.05, 3.63) is 54.4 Å². The Bertz CT molecular complexity index is 643. The molecule has 0 atom stereocenters. The number of aromatic nitrogens is 1. The lowest BCUT2D eigenvalue weighted by Gasteiger charge is -2.07. The molecule has 0 fully saturated rings. The molecule has 6 nitrogen and oxygen atoms in total. The van der Waals surface area contributed by atoms with Crippen molar-refractivity contribution in [3.63, 3.8) is 0 Å². The zero-order chi connectivity index (χ0) is 15.8. The number of benzene rings is 1. The second kappa shape index (κ2) is 9.78. The van der Waals surface area contributed by atoms with Gasteiger partial charge in [-0.2, -0.15) is 0 Å². The van der Waals surface area contributed by atoms with Gasteiger partial charge in [-0.1, -0.05) is 19.1 Å². The van der Waals surface area contributed by atoms with E-state index in [9.17, 15) is 4.79 Å². The van der Waals surface area contributed by atoms with Gasteiger partial charge in [0.2, 0.25) is 5.91 Å². The number of carbonyl (C=O) groups excluding carboxylic acids is 1. The van der Waals surface area contributed by atoms with Crippen LogP contribution in [0.15, 0.2) is 53.8 Å². The van der Waals surface area contributed by atoms with Crippen LogP contribution in [0.4, 0.5) is 11.4 Å². The third-order valence-corrected chi connectivity index (χ3v) is 2.97. The van der Waals surface area contributed by atoms with Crippen molar-refractivity contribution in [2.45, 2.75) is 13.3 Å². The molecule has 1 aromatic carbocycles. The van der Waals surface area contributed by atoms with E-state index in [0.29, 0.717) is 5.69 Å². The van der Waals surface area contributed by atoms with Crippen LogP contribution in [0.3, 0.4) is 0 Å². The molecule has 4 N–H and O–H groups in total. The number of carbonyl (C=O) groups is 1. The van der Waals surface area contributed by atoms with Crippen molar-refractivity contribution < 1.29 is 4.79 Å². The Hall–Kier alpha value is -2.16. The minimum Gasteiger partial charge on any atom is -0.370 e. The molecular weight excluding hydrogens is 405 g/mol. The van der Waals surface area contributed by atoms with Gasteiger partial charge in [-0.05, 0) is 36.2 Å². The average Bonchev–Trinajstić information content (AvgIpc) is 2.55. The van der Waals surface area contributed by atoms with E-state index in [0.717, 1.165) is 12.1 Å². The third-order valence-electron chi connectivity index (χ3n) is 2.97. The summed E-state index contributed by atoms with van der Waals surface area (Å²) < 4.78 is 0. The molecule has 0 aliphatic carbocycles. The standard InChI is InChI=1S/C16H19N5O.HI/c1-2-12-5-7-13(8-6-12)21-16(17)19-11-15(22)20-14-4-3-9-18-10-14;/h3-10H,2,11H2,1H3,(H,20,22)(H3,17,19,21);1H. The lowest BCUT2D eigenvalue weighted by molar-refractivity contribution is -0.114. The highest BCUT2D eigenvalue weighted by molar-refractivity contribution is 14.0. The summed E-state index contributed by atoms with van der Waals surface area (Å²) in [6.07, 6.45) is 4.19. The molecule has 0 aliphatic heterocycles. The Labute approximate surface area is 152 Å². The molecule has 0 saturated carbocycles. The molecule has 1 amide bonds. The number of anilines is 2. The van der Waals surface area contributed by atoms with Crippen LogP contribution in [0.1, 0.15) is 12.5 Å². The molecule has 0 unspecified atom stereocenters. The van der Waals surface area contributed by atoms with Crippen LogP contribution in [0.25, 0.3) is 0 Å². The van der Waals surface area contributed by atoms with Gasteiger partial charge in [-0.25, -0.2) is 4.99 Å². The van der Waals surface area contributed by atoms with E-state index in [1.165, 1.54) is 5.56 Å². The van der Waals surface area contributed by atoms with Gasteiger partial charge in [0.1, 0.15) is 6.54 Å². The lowest BCUT2D eigenvalue weighted by Crippen LogP contribution is -2.25. The second-order valence-electron chi connectivity index (χ2n) is 4.67. The van der Waals surface area contributed by atoms with Crippen LogP contribution in [-0.4, -0.2) is 23.4 Å². The highest BCUT2D eigenvalue weighted by atomic mass is 127. The first kappa shape index (κ1) is 18.9. The van der Waals surface area contributed by atoms with Crippen LogP contribution >= 0.6 is 24.0 Å². The molecule has 1 aromatic heterocycles. The van der Waals surface area contributed by atoms with Crippen molar-refractivity contribution >= 4 is 47.2 Å². The number of hydrogen-bond acceptors (Lipinski definition) is 3. The number of nitrogens with two attached hydrogens (primary N) is 1. The third kappa shape index (κ3) is 6.64. The second-order valence-corrected chi connectivity index (χ2v) is 4.67. The molecule has 0 spiro atoms. The van der Waals surface area contributed by atoms with Gasteiger partial charge in [0.25, 0.3) is 0 Å². The fraction of sp³-hybridized carbons (Fsp3) is 0.188. The van der Waals surface area contributed by atoms with E-state index < -0.39 is 0 Å². The van der Waals surface area contributed by atoms with Gasteiger partial charge in [-0.15, -0.1) is 24.0 Å². The Kier molecular flexibility index (Phi) is 8.03. The summed E-state index contributed by atoms with van der Waals surface area (Å²) in [4.78, 5) is 19.6. The fourth-order valence-corrected chi connectivity index (χ4v) is 1.81. The Morgan fingerprint density at radius 3 is 2.52 bits per heavy atom. The molecule has 122 valence electrons. The number of halogens is 1. The zero-order valence-electron chi connectivity index (χ0n) is 12.8. The van der Waals surface area contributed by atoms with E-state index in [1.54, 1.807) is 24.5 Å². The molecule has 0 radical (unpaired) electrons. The normalized spacial score (nSPS) is 10.6. The van der Waals surface area contributed by atoms with Gasteiger partial charge in [0.15, 0.2) is 5.96 Å². The zero-order valence-corrected chi connectivity index (χ0v) is 15.2. The number of nitrogens with one attached hydrogen (secondary N) is 2. The molecule has 23 heavy (non-hydrogen) atoms. The first-order valence-corrected chi connectivity index (χ1v) is 7.03. The van der Waals surface area contributed by atoms with Gasteiger partial charge in [-0.3, -0.25) is 9.78 Å². The van der Waals surface area contributed by atoms with Crippen LogP contribution in [0.5, 0.6) is 0 Å². The first-order valence-electron chi connectivity index (χ1n) is 7.03. The summed E-state index contributed by atoms with van der Waals surface area (Å²) in [5.41, 5.74) is 8.48. The minimum atomic E-state index is -0.251. The maximum Gasteiger partial charge on any atom is 0.246 e. The molecule has 0 saturated heterocycles. The van der Waals surface area contributed by atoms with Crippen LogP contribution in [0, 0.1) is 0 Å². The number of guanidine groups is 1. The number of pyridine rings is 1. The van der Waals surface area contributed by atoms with Crippen LogP contribution < -0.4 is 16.4 Å². The van der Waals surface area contributed by atoms with Crippen molar-refractivity contribution in [3.8, 4) is 0 Å². The Morgan fingerprint density at radius 1 is 1.17 bits per heavy atom. The molecule has 2 aromatic rings.